The van der Waals surface area contributed by atoms with Crippen LogP contribution < -0.4 is 10.1 Å². The van der Waals surface area contributed by atoms with Crippen LogP contribution >= 0.6 is 0 Å². The van der Waals surface area contributed by atoms with E-state index in [1.165, 1.54) is 5.56 Å². The predicted molar refractivity (Wildman–Crippen MR) is 107 cm³/mol. The molecule has 0 unspecified atom stereocenters. The summed E-state index contributed by atoms with van der Waals surface area (Å²) in [5.74, 6) is 1.25. The van der Waals surface area contributed by atoms with Crippen molar-refractivity contribution in [3.05, 3.63) is 58.9 Å². The lowest BCUT2D eigenvalue weighted by atomic mass is 10.1. The molecule has 1 aromatic carbocycles. The molecule has 1 saturated heterocycles. The molecule has 2 aromatic rings. The molecule has 1 fully saturated rings. The molecule has 0 spiro atoms. The van der Waals surface area contributed by atoms with E-state index in [9.17, 15) is 4.79 Å². The lowest BCUT2D eigenvalue weighted by Gasteiger charge is -2.16. The third-order valence-electron chi connectivity index (χ3n) is 4.89. The second-order valence-corrected chi connectivity index (χ2v) is 7.18. The van der Waals surface area contributed by atoms with Crippen LogP contribution in [0, 0.1) is 13.8 Å². The number of aromatic nitrogens is 1. The van der Waals surface area contributed by atoms with Crippen LogP contribution in [0.25, 0.3) is 0 Å². The van der Waals surface area contributed by atoms with Crippen molar-refractivity contribution in [3.8, 4) is 5.75 Å². The molecule has 144 valence electrons. The Morgan fingerprint density at radius 3 is 2.70 bits per heavy atom. The second kappa shape index (κ2) is 9.51. The molecule has 1 aromatic heterocycles. The summed E-state index contributed by atoms with van der Waals surface area (Å²) in [6.45, 7) is 8.19. The van der Waals surface area contributed by atoms with Gasteiger partial charge >= 0.3 is 0 Å². The Kier molecular flexibility index (Phi) is 6.82. The summed E-state index contributed by atoms with van der Waals surface area (Å²) in [5, 5.41) is 3.48. The van der Waals surface area contributed by atoms with Crippen molar-refractivity contribution in [2.75, 3.05) is 19.6 Å². The third-order valence-corrected chi connectivity index (χ3v) is 4.89. The predicted octanol–water partition coefficient (Wildman–Crippen LogP) is 3.38. The molecule has 1 aliphatic heterocycles. The number of hydrogen-bond acceptors (Lipinski definition) is 4. The molecule has 5 nitrogen and oxygen atoms in total. The number of likely N-dealkylation sites (tertiary alicyclic amines) is 1. The van der Waals surface area contributed by atoms with Gasteiger partial charge < -0.3 is 15.0 Å². The number of carbonyl (C=O) groups excluding carboxylic acids is 1. The summed E-state index contributed by atoms with van der Waals surface area (Å²) in [6.07, 6.45) is 4.52. The van der Waals surface area contributed by atoms with Gasteiger partial charge in [0.2, 0.25) is 5.91 Å². The molecule has 0 saturated carbocycles. The molecule has 5 heteroatoms. The SMILES string of the molecule is Cc1cc(CNCCCN2CCCC2=O)cc(C)c1OCc1ccccn1. The number of carbonyl (C=O) groups is 1. The maximum absolute atomic E-state index is 11.6. The zero-order valence-corrected chi connectivity index (χ0v) is 16.3. The quantitative estimate of drug-likeness (QED) is 0.691. The number of amides is 1. The minimum Gasteiger partial charge on any atom is -0.487 e. The maximum atomic E-state index is 11.6. The van der Waals surface area contributed by atoms with Gasteiger partial charge in [0.1, 0.15) is 12.4 Å². The van der Waals surface area contributed by atoms with Gasteiger partial charge in [0.25, 0.3) is 0 Å². The van der Waals surface area contributed by atoms with Crippen LogP contribution in [0.15, 0.2) is 36.5 Å². The molecule has 1 amide bonds. The van der Waals surface area contributed by atoms with Gasteiger partial charge in [0.05, 0.1) is 5.69 Å². The van der Waals surface area contributed by atoms with Crippen molar-refractivity contribution in [2.45, 2.75) is 46.3 Å². The van der Waals surface area contributed by atoms with E-state index >= 15 is 0 Å². The first-order valence-corrected chi connectivity index (χ1v) is 9.75. The van der Waals surface area contributed by atoms with Crippen LogP contribution in [0.1, 0.15) is 41.6 Å². The highest BCUT2D eigenvalue weighted by molar-refractivity contribution is 5.77. The van der Waals surface area contributed by atoms with Crippen LogP contribution in [-0.2, 0) is 17.9 Å². The average Bonchev–Trinajstić information content (AvgIpc) is 3.06. The fraction of sp³-hybridized carbons (Fsp3) is 0.455. The highest BCUT2D eigenvalue weighted by atomic mass is 16.5. The van der Waals surface area contributed by atoms with Crippen molar-refractivity contribution in [2.24, 2.45) is 0 Å². The normalized spacial score (nSPS) is 14.0. The van der Waals surface area contributed by atoms with E-state index in [1.54, 1.807) is 6.20 Å². The Hall–Kier alpha value is -2.40. The van der Waals surface area contributed by atoms with E-state index in [4.69, 9.17) is 4.74 Å². The second-order valence-electron chi connectivity index (χ2n) is 7.18. The smallest absolute Gasteiger partial charge is 0.222 e. The van der Waals surface area contributed by atoms with Crippen molar-refractivity contribution in [1.29, 1.82) is 0 Å². The molecule has 27 heavy (non-hydrogen) atoms. The van der Waals surface area contributed by atoms with E-state index in [2.05, 4.69) is 36.3 Å². The first-order valence-electron chi connectivity index (χ1n) is 9.75. The van der Waals surface area contributed by atoms with E-state index in [1.807, 2.05) is 23.1 Å². The Balaban J connectivity index is 1.45. The Morgan fingerprint density at radius 2 is 2.04 bits per heavy atom. The van der Waals surface area contributed by atoms with Crippen LogP contribution in [0.2, 0.25) is 0 Å². The monoisotopic (exact) mass is 367 g/mol. The molecule has 1 aliphatic rings. The number of nitrogens with one attached hydrogen (secondary N) is 1. The van der Waals surface area contributed by atoms with Crippen LogP contribution in [0.3, 0.4) is 0 Å². The topological polar surface area (TPSA) is 54.5 Å². The molecule has 0 aliphatic carbocycles. The minimum absolute atomic E-state index is 0.308. The minimum atomic E-state index is 0.308. The first kappa shape index (κ1) is 19.4. The largest absolute Gasteiger partial charge is 0.487 e. The van der Waals surface area contributed by atoms with Crippen LogP contribution in [-0.4, -0.2) is 35.4 Å². The number of rotatable bonds is 9. The van der Waals surface area contributed by atoms with Gasteiger partial charge in [-0.15, -0.1) is 0 Å². The third kappa shape index (κ3) is 5.54. The fourth-order valence-corrected chi connectivity index (χ4v) is 3.57. The van der Waals surface area contributed by atoms with Crippen LogP contribution in [0.4, 0.5) is 0 Å². The highest BCUT2D eigenvalue weighted by Crippen LogP contribution is 2.25. The summed E-state index contributed by atoms with van der Waals surface area (Å²) >= 11 is 0. The van der Waals surface area contributed by atoms with Gasteiger partial charge in [-0.2, -0.15) is 0 Å². The lowest BCUT2D eigenvalue weighted by molar-refractivity contribution is -0.127. The molecule has 0 atom stereocenters. The Bertz CT molecular complexity index is 738. The summed E-state index contributed by atoms with van der Waals surface area (Å²) in [4.78, 5) is 17.9. The van der Waals surface area contributed by atoms with Gasteiger partial charge in [-0.05, 0) is 62.1 Å². The van der Waals surface area contributed by atoms with Gasteiger partial charge in [0.15, 0.2) is 0 Å². The van der Waals surface area contributed by atoms with Crippen molar-refractivity contribution in [3.63, 3.8) is 0 Å². The summed E-state index contributed by atoms with van der Waals surface area (Å²) in [6, 6.07) is 10.2. The average molecular weight is 367 g/mol. The van der Waals surface area contributed by atoms with Crippen molar-refractivity contribution >= 4 is 5.91 Å². The molecular weight excluding hydrogens is 338 g/mol. The molecule has 2 heterocycles. The summed E-state index contributed by atoms with van der Waals surface area (Å²) in [7, 11) is 0. The number of nitrogens with zero attached hydrogens (tertiary/aromatic N) is 2. The van der Waals surface area contributed by atoms with Crippen molar-refractivity contribution in [1.82, 2.24) is 15.2 Å². The first-order chi connectivity index (χ1) is 13.1. The van der Waals surface area contributed by atoms with Gasteiger partial charge in [-0.3, -0.25) is 9.78 Å². The van der Waals surface area contributed by atoms with Crippen LogP contribution in [0.5, 0.6) is 5.75 Å². The Morgan fingerprint density at radius 1 is 1.22 bits per heavy atom. The zero-order valence-electron chi connectivity index (χ0n) is 16.3. The molecule has 0 bridgehead atoms. The fourth-order valence-electron chi connectivity index (χ4n) is 3.57. The number of ether oxygens (including phenoxy) is 1. The number of aryl methyl sites for hydroxylation is 2. The zero-order chi connectivity index (χ0) is 19.1. The standard InChI is InChI=1S/C22H29N3O2/c1-17-13-19(15-23-9-6-12-25-11-5-8-21(25)26)14-18(2)22(17)27-16-20-7-3-4-10-24-20/h3-4,7,10,13-14,23H,5-6,8-9,11-12,15-16H2,1-2H3. The van der Waals surface area contributed by atoms with Gasteiger partial charge in [0, 0.05) is 32.3 Å². The van der Waals surface area contributed by atoms with E-state index < -0.39 is 0 Å². The van der Waals surface area contributed by atoms with Crippen molar-refractivity contribution < 1.29 is 9.53 Å². The Labute approximate surface area is 161 Å². The van der Waals surface area contributed by atoms with Gasteiger partial charge in [-0.25, -0.2) is 0 Å². The maximum Gasteiger partial charge on any atom is 0.222 e. The highest BCUT2D eigenvalue weighted by Gasteiger charge is 2.18. The molecule has 1 N–H and O–H groups in total. The van der Waals surface area contributed by atoms with Gasteiger partial charge in [-0.1, -0.05) is 18.2 Å². The number of pyridine rings is 1. The van der Waals surface area contributed by atoms with E-state index in [-0.39, 0.29) is 0 Å². The summed E-state index contributed by atoms with van der Waals surface area (Å²) < 4.78 is 6.00. The van der Waals surface area contributed by atoms with E-state index in [0.29, 0.717) is 12.5 Å². The molecule has 0 radical (unpaired) electrons. The lowest BCUT2D eigenvalue weighted by Crippen LogP contribution is -2.28. The summed E-state index contributed by atoms with van der Waals surface area (Å²) in [5.41, 5.74) is 4.47. The number of benzene rings is 1. The molecular formula is C22H29N3O2. The number of hydrogen-bond donors (Lipinski definition) is 1. The van der Waals surface area contributed by atoms with E-state index in [0.717, 1.165) is 68.0 Å². The molecule has 3 rings (SSSR count).